The minimum atomic E-state index is 0.114. The maximum atomic E-state index is 10.1. The summed E-state index contributed by atoms with van der Waals surface area (Å²) in [6.45, 7) is 2.73. The summed E-state index contributed by atoms with van der Waals surface area (Å²) in [5.41, 5.74) is 1.34. The van der Waals surface area contributed by atoms with Gasteiger partial charge in [0.05, 0.1) is 27.4 Å². The fourth-order valence-corrected chi connectivity index (χ4v) is 2.44. The van der Waals surface area contributed by atoms with Crippen LogP contribution in [0.5, 0.6) is 11.5 Å². The van der Waals surface area contributed by atoms with Crippen molar-refractivity contribution < 1.29 is 9.84 Å². The summed E-state index contributed by atoms with van der Waals surface area (Å²) in [4.78, 5) is 0. The van der Waals surface area contributed by atoms with Gasteiger partial charge in [0.15, 0.2) is 11.5 Å². The van der Waals surface area contributed by atoms with Crippen LogP contribution in [0.2, 0.25) is 15.1 Å². The van der Waals surface area contributed by atoms with Crippen molar-refractivity contribution in [2.75, 3.05) is 11.9 Å². The Labute approximate surface area is 138 Å². The van der Waals surface area contributed by atoms with E-state index in [1.807, 2.05) is 13.0 Å². The lowest BCUT2D eigenvalue weighted by Gasteiger charge is -2.13. The van der Waals surface area contributed by atoms with Crippen LogP contribution in [-0.2, 0) is 6.54 Å². The van der Waals surface area contributed by atoms with Gasteiger partial charge >= 0.3 is 0 Å². The molecular formula is C15H14Cl3NO2. The van der Waals surface area contributed by atoms with E-state index >= 15 is 0 Å². The summed E-state index contributed by atoms with van der Waals surface area (Å²) in [5.74, 6) is 0.570. The van der Waals surface area contributed by atoms with Gasteiger partial charge in [-0.2, -0.15) is 0 Å². The molecule has 0 saturated carbocycles. The highest BCUT2D eigenvalue weighted by Gasteiger charge is 2.10. The smallest absolute Gasteiger partial charge is 0.162 e. The third-order valence-corrected chi connectivity index (χ3v) is 3.90. The summed E-state index contributed by atoms with van der Waals surface area (Å²) in [6, 6.07) is 8.56. The van der Waals surface area contributed by atoms with Gasteiger partial charge in [-0.25, -0.2) is 0 Å². The van der Waals surface area contributed by atoms with E-state index < -0.39 is 0 Å². The Morgan fingerprint density at radius 1 is 1.10 bits per heavy atom. The Hall–Kier alpha value is -1.29. The highest BCUT2D eigenvalue weighted by Crippen LogP contribution is 2.34. The molecule has 0 aromatic heterocycles. The van der Waals surface area contributed by atoms with Crippen LogP contribution in [-0.4, -0.2) is 11.7 Å². The minimum Gasteiger partial charge on any atom is -0.504 e. The van der Waals surface area contributed by atoms with Gasteiger partial charge < -0.3 is 15.2 Å². The van der Waals surface area contributed by atoms with Gasteiger partial charge in [-0.05, 0) is 25.1 Å². The van der Waals surface area contributed by atoms with E-state index in [9.17, 15) is 5.11 Å². The molecule has 0 atom stereocenters. The van der Waals surface area contributed by atoms with Crippen LogP contribution in [0.4, 0.5) is 5.69 Å². The Balaban J connectivity index is 2.17. The third-order valence-electron chi connectivity index (χ3n) is 2.86. The van der Waals surface area contributed by atoms with Crippen molar-refractivity contribution in [1.29, 1.82) is 0 Å². The molecule has 6 heteroatoms. The van der Waals surface area contributed by atoms with Gasteiger partial charge in [0.2, 0.25) is 0 Å². The summed E-state index contributed by atoms with van der Waals surface area (Å²) >= 11 is 17.9. The number of para-hydroxylation sites is 1. The van der Waals surface area contributed by atoms with Gasteiger partial charge in [0, 0.05) is 12.1 Å². The topological polar surface area (TPSA) is 41.5 Å². The summed E-state index contributed by atoms with van der Waals surface area (Å²) in [7, 11) is 0. The molecule has 0 radical (unpaired) electrons. The predicted octanol–water partition coefficient (Wildman–Crippen LogP) is 5.36. The lowest BCUT2D eigenvalue weighted by Crippen LogP contribution is -2.02. The van der Waals surface area contributed by atoms with E-state index in [1.165, 1.54) is 0 Å². The number of hydrogen-bond donors (Lipinski definition) is 2. The van der Waals surface area contributed by atoms with Crippen LogP contribution in [0, 0.1) is 0 Å². The van der Waals surface area contributed by atoms with Gasteiger partial charge in [-0.15, -0.1) is 0 Å². The van der Waals surface area contributed by atoms with Crippen molar-refractivity contribution in [2.45, 2.75) is 13.5 Å². The molecule has 112 valence electrons. The number of rotatable bonds is 5. The first-order valence-electron chi connectivity index (χ1n) is 6.35. The highest BCUT2D eigenvalue weighted by atomic mass is 35.5. The highest BCUT2D eigenvalue weighted by molar-refractivity contribution is 6.44. The molecule has 3 nitrogen and oxygen atoms in total. The first kappa shape index (κ1) is 16.1. The SMILES string of the molecule is CCOc1cccc(CNc2cc(Cl)c(Cl)cc2Cl)c1O. The van der Waals surface area contributed by atoms with Crippen molar-refractivity contribution in [1.82, 2.24) is 0 Å². The molecule has 0 aliphatic carbocycles. The van der Waals surface area contributed by atoms with E-state index in [1.54, 1.807) is 24.3 Å². The molecule has 0 heterocycles. The summed E-state index contributed by atoms with van der Waals surface area (Å²) < 4.78 is 5.35. The number of benzene rings is 2. The molecule has 0 aliphatic heterocycles. The zero-order valence-electron chi connectivity index (χ0n) is 11.3. The first-order chi connectivity index (χ1) is 10.0. The maximum absolute atomic E-state index is 10.1. The van der Waals surface area contributed by atoms with E-state index in [0.717, 1.165) is 0 Å². The number of halogens is 3. The summed E-state index contributed by atoms with van der Waals surface area (Å²) in [5, 5.41) is 14.5. The van der Waals surface area contributed by atoms with E-state index in [-0.39, 0.29) is 5.75 Å². The standard InChI is InChI=1S/C15H14Cl3NO2/c1-2-21-14-5-3-4-9(15(14)20)8-19-13-7-11(17)10(16)6-12(13)18/h3-7,19-20H,2,8H2,1H3. The number of phenols is 1. The minimum absolute atomic E-state index is 0.114. The molecule has 0 saturated heterocycles. The van der Waals surface area contributed by atoms with Gasteiger partial charge in [-0.1, -0.05) is 46.9 Å². The molecule has 0 spiro atoms. The first-order valence-corrected chi connectivity index (χ1v) is 7.48. The molecular weight excluding hydrogens is 333 g/mol. The normalized spacial score (nSPS) is 10.5. The van der Waals surface area contributed by atoms with E-state index in [0.29, 0.717) is 45.2 Å². The average molecular weight is 347 g/mol. The number of aromatic hydroxyl groups is 1. The van der Waals surface area contributed by atoms with Gasteiger partial charge in [0.1, 0.15) is 0 Å². The molecule has 0 amide bonds. The van der Waals surface area contributed by atoms with Crippen molar-refractivity contribution >= 4 is 40.5 Å². The molecule has 0 unspecified atom stereocenters. The number of ether oxygens (including phenoxy) is 1. The Kier molecular flexibility index (Phi) is 5.45. The molecule has 2 rings (SSSR count). The largest absolute Gasteiger partial charge is 0.504 e. The van der Waals surface area contributed by atoms with Crippen LogP contribution in [0.3, 0.4) is 0 Å². The lowest BCUT2D eigenvalue weighted by atomic mass is 10.2. The Morgan fingerprint density at radius 2 is 1.81 bits per heavy atom. The second-order valence-corrected chi connectivity index (χ2v) is 5.52. The molecule has 0 aliphatic rings. The molecule has 2 aromatic carbocycles. The van der Waals surface area contributed by atoms with Crippen molar-refractivity contribution in [2.24, 2.45) is 0 Å². The van der Waals surface area contributed by atoms with Crippen LogP contribution < -0.4 is 10.1 Å². The molecule has 2 N–H and O–H groups in total. The quantitative estimate of drug-likeness (QED) is 0.716. The number of nitrogens with one attached hydrogen (secondary N) is 1. The zero-order valence-corrected chi connectivity index (χ0v) is 13.6. The van der Waals surface area contributed by atoms with Gasteiger partial charge in [0.25, 0.3) is 0 Å². The fourth-order valence-electron chi connectivity index (χ4n) is 1.83. The van der Waals surface area contributed by atoms with Crippen molar-refractivity contribution in [3.63, 3.8) is 0 Å². The van der Waals surface area contributed by atoms with Crippen LogP contribution in [0.1, 0.15) is 12.5 Å². The Morgan fingerprint density at radius 3 is 2.52 bits per heavy atom. The van der Waals surface area contributed by atoms with E-state index in [4.69, 9.17) is 39.5 Å². The molecule has 2 aromatic rings. The molecule has 0 bridgehead atoms. The third kappa shape index (κ3) is 3.88. The zero-order chi connectivity index (χ0) is 15.4. The number of hydrogen-bond acceptors (Lipinski definition) is 3. The van der Waals surface area contributed by atoms with Crippen LogP contribution in [0.15, 0.2) is 30.3 Å². The predicted molar refractivity (Wildman–Crippen MR) is 88.1 cm³/mol. The molecule has 21 heavy (non-hydrogen) atoms. The van der Waals surface area contributed by atoms with E-state index in [2.05, 4.69) is 5.32 Å². The van der Waals surface area contributed by atoms with Crippen molar-refractivity contribution in [3.8, 4) is 11.5 Å². The van der Waals surface area contributed by atoms with Crippen LogP contribution >= 0.6 is 34.8 Å². The fraction of sp³-hybridized carbons (Fsp3) is 0.200. The van der Waals surface area contributed by atoms with Crippen LogP contribution in [0.25, 0.3) is 0 Å². The summed E-state index contributed by atoms with van der Waals surface area (Å²) in [6.07, 6.45) is 0. The van der Waals surface area contributed by atoms with Crippen molar-refractivity contribution in [3.05, 3.63) is 51.0 Å². The molecule has 0 fully saturated rings. The lowest BCUT2D eigenvalue weighted by molar-refractivity contribution is 0.317. The Bertz CT molecular complexity index is 647. The number of phenolic OH excluding ortho intramolecular Hbond substituents is 1. The maximum Gasteiger partial charge on any atom is 0.162 e. The monoisotopic (exact) mass is 345 g/mol. The average Bonchev–Trinajstić information content (AvgIpc) is 2.45. The van der Waals surface area contributed by atoms with Gasteiger partial charge in [-0.3, -0.25) is 0 Å². The second-order valence-electron chi connectivity index (χ2n) is 4.30. The second kappa shape index (κ2) is 7.12. The number of anilines is 1.